The van der Waals surface area contributed by atoms with Gasteiger partial charge < -0.3 is 25.9 Å². The number of aromatic carboxylic acids is 1. The smallest absolute Gasteiger partial charge is 0.336 e. The van der Waals surface area contributed by atoms with Crippen LogP contribution in [0.5, 0.6) is 5.75 Å². The number of nitrogen functional groups attached to an aromatic ring is 2. The summed E-state index contributed by atoms with van der Waals surface area (Å²) in [5.41, 5.74) is 14.6. The number of nitrogens with zero attached hydrogens (tertiary/aromatic N) is 3. The highest BCUT2D eigenvalue weighted by atomic mass is 16.5. The largest absolute Gasteiger partial charge is 0.497 e. The fourth-order valence-corrected chi connectivity index (χ4v) is 3.43. The van der Waals surface area contributed by atoms with Crippen molar-refractivity contribution in [3.8, 4) is 16.9 Å². The first kappa shape index (κ1) is 16.6. The second-order valence-electron chi connectivity index (χ2n) is 6.19. The van der Waals surface area contributed by atoms with Crippen LogP contribution in [-0.4, -0.2) is 32.7 Å². The Morgan fingerprint density at radius 2 is 1.93 bits per heavy atom. The van der Waals surface area contributed by atoms with E-state index in [1.807, 2.05) is 23.9 Å². The summed E-state index contributed by atoms with van der Waals surface area (Å²) in [6, 6.07) is 8.53. The highest BCUT2D eigenvalue weighted by molar-refractivity contribution is 6.16. The van der Waals surface area contributed by atoms with Crippen LogP contribution in [0.2, 0.25) is 0 Å². The van der Waals surface area contributed by atoms with E-state index in [0.29, 0.717) is 27.8 Å². The number of carbonyl (C=O) groups is 1. The van der Waals surface area contributed by atoms with E-state index in [9.17, 15) is 9.90 Å². The molecule has 0 radical (unpaired) electrons. The molecule has 0 bridgehead atoms. The van der Waals surface area contributed by atoms with Gasteiger partial charge in [0.1, 0.15) is 11.6 Å². The number of aromatic nitrogens is 3. The minimum atomic E-state index is -1.03. The zero-order valence-corrected chi connectivity index (χ0v) is 14.7. The molecule has 27 heavy (non-hydrogen) atoms. The first-order chi connectivity index (χ1) is 12.9. The standard InChI is InChI=1S/C19H17N5O3/c1-24-6-5-11-15-14(22-19(21)23-17(15)20)8-13(16(11)24)12-7-9(27-2)3-4-10(12)18(25)26/h3-8H,1-2H3,(H,25,26)(H4,20,21,22,23). The van der Waals surface area contributed by atoms with Gasteiger partial charge in [-0.05, 0) is 30.3 Å². The monoisotopic (exact) mass is 363 g/mol. The molecule has 0 aliphatic heterocycles. The van der Waals surface area contributed by atoms with E-state index in [-0.39, 0.29) is 17.3 Å². The molecule has 0 saturated heterocycles. The molecule has 2 aromatic carbocycles. The topological polar surface area (TPSA) is 129 Å². The number of ether oxygens (including phenoxy) is 1. The summed E-state index contributed by atoms with van der Waals surface area (Å²) in [5, 5.41) is 11.2. The molecule has 5 N–H and O–H groups in total. The molecule has 0 unspecified atom stereocenters. The van der Waals surface area contributed by atoms with Gasteiger partial charge in [-0.2, -0.15) is 4.98 Å². The molecule has 2 aromatic heterocycles. The number of nitrogens with two attached hydrogens (primary N) is 2. The highest BCUT2D eigenvalue weighted by Gasteiger charge is 2.20. The Hall–Kier alpha value is -3.81. The molecule has 4 aromatic rings. The zero-order valence-electron chi connectivity index (χ0n) is 14.7. The number of carboxylic acids is 1. The van der Waals surface area contributed by atoms with Crippen LogP contribution in [0.4, 0.5) is 11.8 Å². The van der Waals surface area contributed by atoms with Gasteiger partial charge in [0.05, 0.1) is 29.1 Å². The summed E-state index contributed by atoms with van der Waals surface area (Å²) in [7, 11) is 3.42. The number of fused-ring (bicyclic) bond motifs is 3. The first-order valence-corrected chi connectivity index (χ1v) is 8.13. The Kier molecular flexibility index (Phi) is 3.62. The van der Waals surface area contributed by atoms with Gasteiger partial charge in [0.2, 0.25) is 5.95 Å². The molecule has 136 valence electrons. The van der Waals surface area contributed by atoms with E-state index >= 15 is 0 Å². The SMILES string of the molecule is COc1ccc(C(=O)O)c(-c2cc3nc(N)nc(N)c3c3ccn(C)c23)c1. The third kappa shape index (κ3) is 2.50. The van der Waals surface area contributed by atoms with E-state index in [4.69, 9.17) is 16.2 Å². The van der Waals surface area contributed by atoms with Crippen LogP contribution >= 0.6 is 0 Å². The second-order valence-corrected chi connectivity index (χ2v) is 6.19. The lowest BCUT2D eigenvalue weighted by atomic mass is 9.95. The van der Waals surface area contributed by atoms with E-state index in [1.165, 1.54) is 13.2 Å². The number of aryl methyl sites for hydroxylation is 1. The first-order valence-electron chi connectivity index (χ1n) is 8.13. The summed E-state index contributed by atoms with van der Waals surface area (Å²) in [4.78, 5) is 20.2. The maximum atomic E-state index is 11.8. The number of hydrogen-bond acceptors (Lipinski definition) is 6. The third-order valence-electron chi connectivity index (χ3n) is 4.61. The summed E-state index contributed by atoms with van der Waals surface area (Å²) in [6.45, 7) is 0. The molecule has 0 aliphatic carbocycles. The molecule has 8 heteroatoms. The van der Waals surface area contributed by atoms with Crippen molar-refractivity contribution in [3.05, 3.63) is 42.1 Å². The van der Waals surface area contributed by atoms with Crippen LogP contribution in [0.15, 0.2) is 36.5 Å². The normalized spacial score (nSPS) is 11.2. The molecular weight excluding hydrogens is 346 g/mol. The van der Waals surface area contributed by atoms with E-state index in [2.05, 4.69) is 9.97 Å². The van der Waals surface area contributed by atoms with Crippen molar-refractivity contribution in [2.75, 3.05) is 18.6 Å². The van der Waals surface area contributed by atoms with Crippen molar-refractivity contribution in [2.45, 2.75) is 0 Å². The molecule has 0 aliphatic rings. The summed E-state index contributed by atoms with van der Waals surface area (Å²) < 4.78 is 7.20. The molecule has 4 rings (SSSR count). The van der Waals surface area contributed by atoms with Crippen LogP contribution in [0.3, 0.4) is 0 Å². The second kappa shape index (κ2) is 5.87. The Labute approximate surface area is 154 Å². The maximum absolute atomic E-state index is 11.8. The van der Waals surface area contributed by atoms with Gasteiger partial charge >= 0.3 is 5.97 Å². The number of benzene rings is 2. The van der Waals surface area contributed by atoms with Crippen LogP contribution in [0.25, 0.3) is 32.9 Å². The number of methoxy groups -OCH3 is 1. The quantitative estimate of drug-likeness (QED) is 0.510. The average Bonchev–Trinajstić information content (AvgIpc) is 3.01. The lowest BCUT2D eigenvalue weighted by Gasteiger charge is -2.14. The van der Waals surface area contributed by atoms with Crippen LogP contribution in [0.1, 0.15) is 10.4 Å². The van der Waals surface area contributed by atoms with Gasteiger partial charge in [0.25, 0.3) is 0 Å². The minimum absolute atomic E-state index is 0.0605. The molecule has 0 saturated carbocycles. The van der Waals surface area contributed by atoms with E-state index in [0.717, 1.165) is 10.9 Å². The van der Waals surface area contributed by atoms with E-state index < -0.39 is 5.97 Å². The molecule has 0 amide bonds. The van der Waals surface area contributed by atoms with Gasteiger partial charge in [0, 0.05) is 29.8 Å². The Bertz CT molecular complexity index is 1230. The van der Waals surface area contributed by atoms with Crippen molar-refractivity contribution in [1.29, 1.82) is 0 Å². The average molecular weight is 363 g/mol. The predicted octanol–water partition coefficient (Wildman–Crippen LogP) is 2.66. The number of rotatable bonds is 3. The lowest BCUT2D eigenvalue weighted by molar-refractivity contribution is 0.0697. The van der Waals surface area contributed by atoms with Crippen LogP contribution in [0, 0.1) is 0 Å². The Balaban J connectivity index is 2.20. The van der Waals surface area contributed by atoms with Gasteiger partial charge in [-0.25, -0.2) is 9.78 Å². The molecule has 0 atom stereocenters. The summed E-state index contributed by atoms with van der Waals surface area (Å²) in [6.07, 6.45) is 1.88. The summed E-state index contributed by atoms with van der Waals surface area (Å²) in [5.74, 6) is -0.134. The highest BCUT2D eigenvalue weighted by Crippen LogP contribution is 2.39. The van der Waals surface area contributed by atoms with Gasteiger partial charge in [-0.3, -0.25) is 0 Å². The molecular formula is C19H17N5O3. The number of carboxylic acid groups (broad SMARTS) is 1. The predicted molar refractivity (Wildman–Crippen MR) is 104 cm³/mol. The van der Waals surface area contributed by atoms with Gasteiger partial charge in [0.15, 0.2) is 0 Å². The zero-order chi connectivity index (χ0) is 19.3. The summed E-state index contributed by atoms with van der Waals surface area (Å²) >= 11 is 0. The molecule has 2 heterocycles. The van der Waals surface area contributed by atoms with Crippen molar-refractivity contribution in [3.63, 3.8) is 0 Å². The number of hydrogen-bond donors (Lipinski definition) is 3. The van der Waals surface area contributed by atoms with Crippen molar-refractivity contribution < 1.29 is 14.6 Å². The van der Waals surface area contributed by atoms with Crippen molar-refractivity contribution >= 4 is 39.5 Å². The number of anilines is 2. The molecule has 0 fully saturated rings. The van der Waals surface area contributed by atoms with Crippen molar-refractivity contribution in [1.82, 2.24) is 14.5 Å². The fraction of sp³-hybridized carbons (Fsp3) is 0.105. The maximum Gasteiger partial charge on any atom is 0.336 e. The molecule has 0 spiro atoms. The Morgan fingerprint density at radius 1 is 1.15 bits per heavy atom. The third-order valence-corrected chi connectivity index (χ3v) is 4.61. The van der Waals surface area contributed by atoms with Crippen LogP contribution < -0.4 is 16.2 Å². The van der Waals surface area contributed by atoms with Crippen molar-refractivity contribution in [2.24, 2.45) is 7.05 Å². The van der Waals surface area contributed by atoms with Gasteiger partial charge in [-0.1, -0.05) is 0 Å². The van der Waals surface area contributed by atoms with Crippen LogP contribution in [-0.2, 0) is 7.05 Å². The fourth-order valence-electron chi connectivity index (χ4n) is 3.43. The van der Waals surface area contributed by atoms with E-state index in [1.54, 1.807) is 18.2 Å². The Morgan fingerprint density at radius 3 is 2.63 bits per heavy atom. The van der Waals surface area contributed by atoms with Gasteiger partial charge in [-0.15, -0.1) is 0 Å². The minimum Gasteiger partial charge on any atom is -0.497 e. The lowest BCUT2D eigenvalue weighted by Crippen LogP contribution is -2.03. The molecule has 8 nitrogen and oxygen atoms in total.